The molecule has 2 saturated carbocycles. The van der Waals surface area contributed by atoms with Crippen molar-refractivity contribution >= 4 is 0 Å². The van der Waals surface area contributed by atoms with Gasteiger partial charge in [0.05, 0.1) is 6.10 Å². The molecule has 0 amide bonds. The van der Waals surface area contributed by atoms with E-state index in [1.807, 2.05) is 0 Å². The first-order valence-corrected chi connectivity index (χ1v) is 4.18. The zero-order valence-corrected chi connectivity index (χ0v) is 5.86. The van der Waals surface area contributed by atoms with E-state index in [9.17, 15) is 5.11 Å². The molecule has 10 heavy (non-hydrogen) atoms. The number of aliphatic hydroxyl groups is 1. The molecule has 2 nitrogen and oxygen atoms in total. The van der Waals surface area contributed by atoms with Crippen LogP contribution in [0.25, 0.3) is 0 Å². The Labute approximate surface area is 60.2 Å². The first-order chi connectivity index (χ1) is 4.84. The monoisotopic (exact) mass is 140 g/mol. The van der Waals surface area contributed by atoms with Gasteiger partial charge in [-0.25, -0.2) is 0 Å². The lowest BCUT2D eigenvalue weighted by atomic mass is 9.89. The summed E-state index contributed by atoms with van der Waals surface area (Å²) in [6.45, 7) is 0. The third-order valence-corrected chi connectivity index (χ3v) is 3.48. The van der Waals surface area contributed by atoms with Crippen molar-refractivity contribution in [2.45, 2.75) is 31.7 Å². The Morgan fingerprint density at radius 3 is 2.50 bits per heavy atom. The SMILES string of the molecule is O[C@H]1OC2CC3CC2C1C3. The summed E-state index contributed by atoms with van der Waals surface area (Å²) >= 11 is 0. The molecule has 3 aliphatic rings. The number of fused-ring (bicyclic) bond motifs is 1. The van der Waals surface area contributed by atoms with E-state index in [1.165, 1.54) is 19.3 Å². The third kappa shape index (κ3) is 0.487. The highest BCUT2D eigenvalue weighted by Gasteiger charge is 2.55. The molecule has 1 aliphatic heterocycles. The first kappa shape index (κ1) is 5.56. The molecular formula is C8H12O2. The van der Waals surface area contributed by atoms with Gasteiger partial charge in [-0.05, 0) is 31.1 Å². The molecule has 1 N–H and O–H groups in total. The molecule has 2 aliphatic carbocycles. The predicted octanol–water partition coefficient (Wildman–Crippen LogP) is 0.750. The molecule has 1 saturated heterocycles. The van der Waals surface area contributed by atoms with E-state index in [1.54, 1.807) is 0 Å². The zero-order chi connectivity index (χ0) is 6.72. The number of hydrogen-bond acceptors (Lipinski definition) is 2. The second-order valence-corrected chi connectivity index (χ2v) is 3.97. The van der Waals surface area contributed by atoms with E-state index in [0.717, 1.165) is 11.8 Å². The second-order valence-electron chi connectivity index (χ2n) is 3.97. The summed E-state index contributed by atoms with van der Waals surface area (Å²) in [5.74, 6) is 2.11. The van der Waals surface area contributed by atoms with Crippen LogP contribution in [-0.4, -0.2) is 17.5 Å². The van der Waals surface area contributed by atoms with Crippen molar-refractivity contribution in [1.82, 2.24) is 0 Å². The van der Waals surface area contributed by atoms with Crippen molar-refractivity contribution in [2.75, 3.05) is 0 Å². The van der Waals surface area contributed by atoms with Gasteiger partial charge in [-0.2, -0.15) is 0 Å². The minimum Gasteiger partial charge on any atom is -0.368 e. The molecule has 0 spiro atoms. The molecule has 0 radical (unpaired) electrons. The van der Waals surface area contributed by atoms with Gasteiger partial charge in [-0.1, -0.05) is 0 Å². The minimum absolute atomic E-state index is 0.414. The average Bonchev–Trinajstić information content (AvgIpc) is 2.44. The first-order valence-electron chi connectivity index (χ1n) is 4.18. The van der Waals surface area contributed by atoms with Gasteiger partial charge in [-0.15, -0.1) is 0 Å². The number of rotatable bonds is 0. The smallest absolute Gasteiger partial charge is 0.158 e. The summed E-state index contributed by atoms with van der Waals surface area (Å²) in [5, 5.41) is 9.37. The highest BCUT2D eigenvalue weighted by Crippen LogP contribution is 2.55. The lowest BCUT2D eigenvalue weighted by molar-refractivity contribution is -0.101. The molecule has 5 atom stereocenters. The van der Waals surface area contributed by atoms with Gasteiger partial charge in [0.1, 0.15) is 0 Å². The average molecular weight is 140 g/mol. The number of ether oxygens (including phenoxy) is 1. The van der Waals surface area contributed by atoms with Crippen molar-refractivity contribution in [3.05, 3.63) is 0 Å². The summed E-state index contributed by atoms with van der Waals surface area (Å²) in [4.78, 5) is 0. The van der Waals surface area contributed by atoms with E-state index in [-0.39, 0.29) is 0 Å². The Kier molecular flexibility index (Phi) is 0.868. The normalized spacial score (nSPS) is 63.9. The number of hydrogen-bond donors (Lipinski definition) is 1. The van der Waals surface area contributed by atoms with Gasteiger partial charge in [0.15, 0.2) is 6.29 Å². The fraction of sp³-hybridized carbons (Fsp3) is 1.00. The Morgan fingerprint density at radius 1 is 1.10 bits per heavy atom. The molecule has 3 fully saturated rings. The lowest BCUT2D eigenvalue weighted by Crippen LogP contribution is -2.17. The van der Waals surface area contributed by atoms with E-state index in [4.69, 9.17) is 4.74 Å². The minimum atomic E-state index is -0.414. The van der Waals surface area contributed by atoms with Gasteiger partial charge in [-0.3, -0.25) is 0 Å². The Balaban J connectivity index is 1.98. The van der Waals surface area contributed by atoms with Crippen LogP contribution in [0.1, 0.15) is 19.3 Å². The van der Waals surface area contributed by atoms with Crippen LogP contribution in [0, 0.1) is 17.8 Å². The van der Waals surface area contributed by atoms with Gasteiger partial charge >= 0.3 is 0 Å². The van der Waals surface area contributed by atoms with Crippen LogP contribution in [0.2, 0.25) is 0 Å². The van der Waals surface area contributed by atoms with Crippen LogP contribution in [0.4, 0.5) is 0 Å². The predicted molar refractivity (Wildman–Crippen MR) is 35.2 cm³/mol. The largest absolute Gasteiger partial charge is 0.368 e. The highest BCUT2D eigenvalue weighted by atomic mass is 16.6. The van der Waals surface area contributed by atoms with E-state index in [2.05, 4.69) is 0 Å². The Morgan fingerprint density at radius 2 is 1.90 bits per heavy atom. The van der Waals surface area contributed by atoms with Crippen LogP contribution >= 0.6 is 0 Å². The quantitative estimate of drug-likeness (QED) is 0.538. The molecule has 2 heteroatoms. The maximum absolute atomic E-state index is 9.37. The standard InChI is InChI=1S/C8H12O2/c9-8-6-2-4-1-5(6)7(3-4)10-8/h4-9H,1-3H2/t4?,5?,6?,7?,8-/m0/s1. The van der Waals surface area contributed by atoms with Crippen molar-refractivity contribution in [1.29, 1.82) is 0 Å². The highest BCUT2D eigenvalue weighted by molar-refractivity contribution is 5.01. The van der Waals surface area contributed by atoms with Crippen molar-refractivity contribution < 1.29 is 9.84 Å². The fourth-order valence-corrected chi connectivity index (χ4v) is 3.10. The summed E-state index contributed by atoms with van der Waals surface area (Å²) in [7, 11) is 0. The molecule has 2 bridgehead atoms. The third-order valence-electron chi connectivity index (χ3n) is 3.48. The molecule has 1 heterocycles. The number of aliphatic hydroxyl groups excluding tert-OH is 1. The summed E-state index contributed by atoms with van der Waals surface area (Å²) in [5.41, 5.74) is 0. The van der Waals surface area contributed by atoms with Gasteiger partial charge in [0.2, 0.25) is 0 Å². The maximum atomic E-state index is 9.37. The zero-order valence-electron chi connectivity index (χ0n) is 5.86. The van der Waals surface area contributed by atoms with Crippen LogP contribution < -0.4 is 0 Å². The van der Waals surface area contributed by atoms with E-state index >= 15 is 0 Å². The molecule has 0 aromatic heterocycles. The summed E-state index contributed by atoms with van der Waals surface area (Å²) < 4.78 is 5.39. The summed E-state index contributed by atoms with van der Waals surface area (Å²) in [6.07, 6.45) is 3.79. The molecule has 56 valence electrons. The second kappa shape index (κ2) is 1.56. The maximum Gasteiger partial charge on any atom is 0.158 e. The molecular weight excluding hydrogens is 128 g/mol. The lowest BCUT2D eigenvalue weighted by Gasteiger charge is -2.14. The fourth-order valence-electron chi connectivity index (χ4n) is 3.10. The topological polar surface area (TPSA) is 29.5 Å². The van der Waals surface area contributed by atoms with Crippen LogP contribution in [0.5, 0.6) is 0 Å². The van der Waals surface area contributed by atoms with Gasteiger partial charge < -0.3 is 9.84 Å². The van der Waals surface area contributed by atoms with E-state index in [0.29, 0.717) is 12.0 Å². The van der Waals surface area contributed by atoms with Crippen LogP contribution in [0.15, 0.2) is 0 Å². The molecule has 0 aromatic carbocycles. The van der Waals surface area contributed by atoms with Crippen molar-refractivity contribution in [3.63, 3.8) is 0 Å². The molecule has 4 unspecified atom stereocenters. The summed E-state index contributed by atoms with van der Waals surface area (Å²) in [6, 6.07) is 0. The van der Waals surface area contributed by atoms with Crippen LogP contribution in [0.3, 0.4) is 0 Å². The van der Waals surface area contributed by atoms with E-state index < -0.39 is 6.29 Å². The van der Waals surface area contributed by atoms with Gasteiger partial charge in [0.25, 0.3) is 0 Å². The Bertz CT molecular complexity index is 167. The molecule has 3 rings (SSSR count). The van der Waals surface area contributed by atoms with Crippen LogP contribution in [-0.2, 0) is 4.74 Å². The van der Waals surface area contributed by atoms with Crippen molar-refractivity contribution in [3.8, 4) is 0 Å². The van der Waals surface area contributed by atoms with Crippen molar-refractivity contribution in [2.24, 2.45) is 17.8 Å². The van der Waals surface area contributed by atoms with Gasteiger partial charge in [0, 0.05) is 5.92 Å². The molecule has 0 aromatic rings. The Hall–Kier alpha value is -0.0800.